The third-order valence-electron chi connectivity index (χ3n) is 1.44. The van der Waals surface area contributed by atoms with Gasteiger partial charge >= 0.3 is 0 Å². The molecule has 9 heavy (non-hydrogen) atoms. The minimum absolute atomic E-state index is 0.0647. The molecule has 0 aliphatic carbocycles. The average molecular weight is 130 g/mol. The van der Waals surface area contributed by atoms with Crippen molar-refractivity contribution in [1.82, 2.24) is 0 Å². The Labute approximate surface area is 54.3 Å². The Hall–Kier alpha value is -0.120. The minimum atomic E-state index is -0.609. The summed E-state index contributed by atoms with van der Waals surface area (Å²) in [6, 6.07) is 0. The zero-order chi connectivity index (χ0) is 6.85. The standard InChI is InChI=1S/C6H10O3/c1-4-6(8)2-5(3-7)9-4/h1,4-8H,2-3H2/t4-,5-,6?/m0/s1. The van der Waals surface area contributed by atoms with E-state index in [1.807, 2.05) is 0 Å². The maximum Gasteiger partial charge on any atom is 0.0875 e. The van der Waals surface area contributed by atoms with E-state index in [1.54, 1.807) is 0 Å². The number of hydrogen-bond acceptors (Lipinski definition) is 3. The maximum absolute atomic E-state index is 8.94. The fourth-order valence-electron chi connectivity index (χ4n) is 0.890. The first kappa shape index (κ1) is 6.99. The molecule has 1 fully saturated rings. The largest absolute Gasteiger partial charge is 0.394 e. The Kier molecular flexibility index (Phi) is 2.05. The van der Waals surface area contributed by atoms with E-state index >= 15 is 0 Å². The van der Waals surface area contributed by atoms with Gasteiger partial charge in [0.05, 0.1) is 24.9 Å². The molecule has 0 saturated carbocycles. The van der Waals surface area contributed by atoms with Gasteiger partial charge in [0.25, 0.3) is 0 Å². The first-order valence-electron chi connectivity index (χ1n) is 2.94. The van der Waals surface area contributed by atoms with Crippen LogP contribution in [0, 0.1) is 6.92 Å². The lowest BCUT2D eigenvalue weighted by atomic mass is 10.2. The van der Waals surface area contributed by atoms with Crippen molar-refractivity contribution >= 4 is 0 Å². The normalized spacial score (nSPS) is 43.7. The van der Waals surface area contributed by atoms with Crippen LogP contribution in [0.2, 0.25) is 0 Å². The molecule has 52 valence electrons. The molecule has 0 aromatic heterocycles. The van der Waals surface area contributed by atoms with Crippen LogP contribution in [0.3, 0.4) is 0 Å². The van der Waals surface area contributed by atoms with E-state index in [9.17, 15) is 0 Å². The zero-order valence-electron chi connectivity index (χ0n) is 5.03. The Morgan fingerprint density at radius 3 is 2.56 bits per heavy atom. The number of aliphatic hydroxyl groups excluding tert-OH is 2. The van der Waals surface area contributed by atoms with Crippen LogP contribution in [-0.4, -0.2) is 35.1 Å². The smallest absolute Gasteiger partial charge is 0.0875 e. The van der Waals surface area contributed by atoms with E-state index in [-0.39, 0.29) is 12.7 Å². The second kappa shape index (κ2) is 2.64. The van der Waals surface area contributed by atoms with E-state index < -0.39 is 12.2 Å². The first-order chi connectivity index (χ1) is 4.24. The van der Waals surface area contributed by atoms with Crippen molar-refractivity contribution in [1.29, 1.82) is 0 Å². The molecule has 1 saturated heterocycles. The highest BCUT2D eigenvalue weighted by atomic mass is 16.5. The van der Waals surface area contributed by atoms with Gasteiger partial charge in [-0.3, -0.25) is 0 Å². The molecule has 3 atom stereocenters. The van der Waals surface area contributed by atoms with Crippen molar-refractivity contribution in [2.45, 2.75) is 24.7 Å². The van der Waals surface area contributed by atoms with E-state index in [0.29, 0.717) is 6.42 Å². The van der Waals surface area contributed by atoms with Crippen LogP contribution in [0.4, 0.5) is 0 Å². The molecular formula is C6H10O3. The van der Waals surface area contributed by atoms with Gasteiger partial charge in [0.15, 0.2) is 0 Å². The molecule has 0 amide bonds. The van der Waals surface area contributed by atoms with Crippen LogP contribution in [-0.2, 0) is 4.74 Å². The van der Waals surface area contributed by atoms with Gasteiger partial charge in [-0.2, -0.15) is 0 Å². The van der Waals surface area contributed by atoms with Gasteiger partial charge in [0, 0.05) is 6.42 Å². The van der Waals surface area contributed by atoms with Gasteiger partial charge in [-0.15, -0.1) is 0 Å². The number of aliphatic hydroxyl groups is 2. The third-order valence-corrected chi connectivity index (χ3v) is 1.44. The molecule has 1 unspecified atom stereocenters. The highest BCUT2D eigenvalue weighted by Crippen LogP contribution is 2.18. The van der Waals surface area contributed by atoms with Gasteiger partial charge in [-0.05, 0) is 6.92 Å². The van der Waals surface area contributed by atoms with Crippen molar-refractivity contribution < 1.29 is 14.9 Å². The highest BCUT2D eigenvalue weighted by Gasteiger charge is 2.29. The summed E-state index contributed by atoms with van der Waals surface area (Å²) in [4.78, 5) is 0. The second-order valence-corrected chi connectivity index (χ2v) is 2.21. The number of ether oxygens (including phenoxy) is 1. The third kappa shape index (κ3) is 1.41. The van der Waals surface area contributed by atoms with Crippen LogP contribution in [0.1, 0.15) is 6.42 Å². The van der Waals surface area contributed by atoms with Crippen molar-refractivity contribution in [3.05, 3.63) is 6.92 Å². The molecular weight excluding hydrogens is 120 g/mol. The highest BCUT2D eigenvalue weighted by molar-refractivity contribution is 4.82. The van der Waals surface area contributed by atoms with Crippen LogP contribution >= 0.6 is 0 Å². The zero-order valence-corrected chi connectivity index (χ0v) is 5.03. The monoisotopic (exact) mass is 130 g/mol. The molecule has 0 aromatic carbocycles. The quantitative estimate of drug-likeness (QED) is 0.489. The molecule has 1 aliphatic rings. The van der Waals surface area contributed by atoms with E-state index in [1.165, 1.54) is 0 Å². The molecule has 2 N–H and O–H groups in total. The topological polar surface area (TPSA) is 49.7 Å². The summed E-state index contributed by atoms with van der Waals surface area (Å²) < 4.78 is 4.90. The van der Waals surface area contributed by atoms with Crippen LogP contribution in [0.15, 0.2) is 0 Å². The lowest BCUT2D eigenvalue weighted by Crippen LogP contribution is -2.16. The second-order valence-electron chi connectivity index (χ2n) is 2.21. The van der Waals surface area contributed by atoms with Gasteiger partial charge < -0.3 is 14.9 Å². The summed E-state index contributed by atoms with van der Waals surface area (Å²) in [5.41, 5.74) is 0. The molecule has 1 heterocycles. The van der Waals surface area contributed by atoms with Crippen molar-refractivity contribution in [2.24, 2.45) is 0 Å². The first-order valence-corrected chi connectivity index (χ1v) is 2.94. The minimum Gasteiger partial charge on any atom is -0.394 e. The van der Waals surface area contributed by atoms with E-state index in [0.717, 1.165) is 0 Å². The summed E-state index contributed by atoms with van der Waals surface area (Å²) in [5.74, 6) is 0. The molecule has 3 nitrogen and oxygen atoms in total. The lowest BCUT2D eigenvalue weighted by molar-refractivity contribution is 0.0135. The Morgan fingerprint density at radius 2 is 2.33 bits per heavy atom. The molecule has 2 radical (unpaired) electrons. The summed E-state index contributed by atoms with van der Waals surface area (Å²) >= 11 is 0. The van der Waals surface area contributed by atoms with E-state index in [2.05, 4.69) is 0 Å². The lowest BCUT2D eigenvalue weighted by Gasteiger charge is -2.05. The Morgan fingerprint density at radius 1 is 1.67 bits per heavy atom. The van der Waals surface area contributed by atoms with Gasteiger partial charge in [-0.25, -0.2) is 0 Å². The fraction of sp³-hybridized carbons (Fsp3) is 0.833. The fourth-order valence-corrected chi connectivity index (χ4v) is 0.890. The Balaban J connectivity index is 2.35. The van der Waals surface area contributed by atoms with Crippen LogP contribution in [0.25, 0.3) is 0 Å². The number of hydrogen-bond donors (Lipinski definition) is 2. The molecule has 1 rings (SSSR count). The van der Waals surface area contributed by atoms with Crippen molar-refractivity contribution in [3.63, 3.8) is 0 Å². The molecule has 3 heteroatoms. The summed E-state index contributed by atoms with van der Waals surface area (Å²) in [5, 5.41) is 17.4. The van der Waals surface area contributed by atoms with Crippen LogP contribution < -0.4 is 0 Å². The maximum atomic E-state index is 8.94. The number of rotatable bonds is 1. The molecule has 0 aromatic rings. The molecule has 0 spiro atoms. The average Bonchev–Trinajstić information content (AvgIpc) is 2.13. The van der Waals surface area contributed by atoms with Crippen LogP contribution in [0.5, 0.6) is 0 Å². The van der Waals surface area contributed by atoms with Crippen molar-refractivity contribution in [2.75, 3.05) is 6.61 Å². The van der Waals surface area contributed by atoms with Gasteiger partial charge in [0.1, 0.15) is 0 Å². The van der Waals surface area contributed by atoms with Crippen molar-refractivity contribution in [3.8, 4) is 0 Å². The summed E-state index contributed by atoms with van der Waals surface area (Å²) in [6.45, 7) is 5.20. The molecule has 1 aliphatic heterocycles. The predicted molar refractivity (Wildman–Crippen MR) is 30.7 cm³/mol. The predicted octanol–water partition coefficient (Wildman–Crippen LogP) is -0.792. The summed E-state index contributed by atoms with van der Waals surface area (Å²) in [6.07, 6.45) is -1.04. The van der Waals surface area contributed by atoms with Gasteiger partial charge in [0.2, 0.25) is 0 Å². The van der Waals surface area contributed by atoms with E-state index in [4.69, 9.17) is 21.9 Å². The van der Waals surface area contributed by atoms with Gasteiger partial charge in [-0.1, -0.05) is 0 Å². The molecule has 0 bridgehead atoms. The Bertz CT molecular complexity index is 84.3. The summed E-state index contributed by atoms with van der Waals surface area (Å²) in [7, 11) is 0. The SMILES string of the molecule is [CH][C@@H]1O[C@H](CO)CC1O.